The molecule has 0 aliphatic rings. The fourth-order valence-electron chi connectivity index (χ4n) is 3.79. The van der Waals surface area contributed by atoms with Gasteiger partial charge >= 0.3 is 12.4 Å². The van der Waals surface area contributed by atoms with Gasteiger partial charge in [-0.1, -0.05) is 42.5 Å². The predicted molar refractivity (Wildman–Crippen MR) is 117 cm³/mol. The third-order valence-electron chi connectivity index (χ3n) is 5.40. The van der Waals surface area contributed by atoms with Crippen LogP contribution in [-0.2, 0) is 18.9 Å². The van der Waals surface area contributed by atoms with E-state index >= 15 is 0 Å². The molecule has 0 radical (unpaired) electrons. The number of carbonyl (C=O) groups excluding carboxylic acids is 1. The lowest BCUT2D eigenvalue weighted by atomic mass is 9.99. The number of aromatic nitrogens is 2. The van der Waals surface area contributed by atoms with Gasteiger partial charge in [0.05, 0.1) is 22.4 Å². The molecule has 0 fully saturated rings. The molecular weight excluding hydrogens is 472 g/mol. The Bertz CT molecular complexity index is 1360. The smallest absolute Gasteiger partial charge is 0.337 e. The molecule has 0 N–H and O–H groups in total. The van der Waals surface area contributed by atoms with Crippen LogP contribution in [0.15, 0.2) is 73.2 Å². The summed E-state index contributed by atoms with van der Waals surface area (Å²) in [5, 5.41) is 1.72. The first-order valence-electron chi connectivity index (χ1n) is 10.3. The first-order chi connectivity index (χ1) is 16.4. The van der Waals surface area contributed by atoms with Crippen LogP contribution in [0.3, 0.4) is 0 Å². The van der Waals surface area contributed by atoms with Crippen LogP contribution >= 0.6 is 0 Å². The monoisotopic (exact) mass is 489 g/mol. The average Bonchev–Trinajstić information content (AvgIpc) is 2.82. The molecule has 0 atom stereocenters. The molecular formula is C25H17F6N3O. The number of benzene rings is 3. The second kappa shape index (κ2) is 9.01. The van der Waals surface area contributed by atoms with Gasteiger partial charge in [-0.3, -0.25) is 4.79 Å². The number of hydrogen-bond acceptors (Lipinski definition) is 3. The molecule has 0 saturated carbocycles. The van der Waals surface area contributed by atoms with Gasteiger partial charge in [0.1, 0.15) is 6.33 Å². The summed E-state index contributed by atoms with van der Waals surface area (Å²) in [5.41, 5.74) is -2.19. The van der Waals surface area contributed by atoms with Gasteiger partial charge in [-0.05, 0) is 34.5 Å². The highest BCUT2D eigenvalue weighted by atomic mass is 19.4. The van der Waals surface area contributed by atoms with Crippen molar-refractivity contribution in [2.24, 2.45) is 0 Å². The Morgan fingerprint density at radius 2 is 1.51 bits per heavy atom. The van der Waals surface area contributed by atoms with Crippen molar-refractivity contribution in [1.82, 2.24) is 14.9 Å². The van der Waals surface area contributed by atoms with Crippen LogP contribution in [0.1, 0.15) is 27.0 Å². The zero-order chi connectivity index (χ0) is 25.4. The lowest BCUT2D eigenvalue weighted by molar-refractivity contribution is -0.143. The minimum Gasteiger partial charge on any atom is -0.337 e. The van der Waals surface area contributed by atoms with E-state index in [1.54, 1.807) is 12.1 Å². The molecule has 0 aliphatic carbocycles. The molecule has 0 spiro atoms. The van der Waals surface area contributed by atoms with E-state index in [4.69, 9.17) is 0 Å². The van der Waals surface area contributed by atoms with Crippen molar-refractivity contribution in [1.29, 1.82) is 0 Å². The summed E-state index contributed by atoms with van der Waals surface area (Å²) in [5.74, 6) is -0.653. The summed E-state index contributed by atoms with van der Waals surface area (Å²) in [6, 6.07) is 14.1. The van der Waals surface area contributed by atoms with E-state index in [2.05, 4.69) is 9.97 Å². The van der Waals surface area contributed by atoms with Crippen LogP contribution in [0, 0.1) is 0 Å². The Labute approximate surface area is 195 Å². The van der Waals surface area contributed by atoms with E-state index < -0.39 is 35.9 Å². The minimum absolute atomic E-state index is 0.0506. The van der Waals surface area contributed by atoms with Crippen molar-refractivity contribution < 1.29 is 31.1 Å². The van der Waals surface area contributed by atoms with Gasteiger partial charge in [0, 0.05) is 25.4 Å². The molecule has 4 aromatic rings. The highest BCUT2D eigenvalue weighted by Crippen LogP contribution is 2.37. The molecule has 1 amide bonds. The Kier molecular flexibility index (Phi) is 6.23. The van der Waals surface area contributed by atoms with Gasteiger partial charge in [-0.15, -0.1) is 0 Å². The van der Waals surface area contributed by atoms with Crippen molar-refractivity contribution >= 4 is 16.7 Å². The molecule has 0 aliphatic heterocycles. The van der Waals surface area contributed by atoms with Gasteiger partial charge in [0.25, 0.3) is 5.91 Å². The molecule has 1 aromatic heterocycles. The highest BCUT2D eigenvalue weighted by molar-refractivity contribution is 6.04. The fourth-order valence-corrected chi connectivity index (χ4v) is 3.79. The molecule has 3 aromatic carbocycles. The number of hydrogen-bond donors (Lipinski definition) is 0. The molecule has 4 nitrogen and oxygen atoms in total. The van der Waals surface area contributed by atoms with Crippen molar-refractivity contribution in [3.05, 3.63) is 95.4 Å². The van der Waals surface area contributed by atoms with E-state index in [0.717, 1.165) is 15.7 Å². The standard InChI is InChI=1S/C25H17F6N3O/c1-34(13-15-9-17(24(26,27)28)11-18(10-15)25(29,30)31)23(35)21-12-32-14-33-22(21)20-8-4-6-16-5-2-3-7-19(16)20/h2-12,14H,13H2,1H3. The first kappa shape index (κ1) is 24.2. The summed E-state index contributed by atoms with van der Waals surface area (Å²) < 4.78 is 79.2. The number of carbonyl (C=O) groups is 1. The average molecular weight is 489 g/mol. The number of amides is 1. The lowest BCUT2D eigenvalue weighted by Gasteiger charge is -2.21. The number of rotatable bonds is 4. The third-order valence-corrected chi connectivity index (χ3v) is 5.40. The zero-order valence-corrected chi connectivity index (χ0v) is 18.2. The lowest BCUT2D eigenvalue weighted by Crippen LogP contribution is -2.27. The van der Waals surface area contributed by atoms with Crippen LogP contribution in [-0.4, -0.2) is 27.8 Å². The summed E-state index contributed by atoms with van der Waals surface area (Å²) in [7, 11) is 1.29. The molecule has 0 unspecified atom stereocenters. The Morgan fingerprint density at radius 1 is 0.886 bits per heavy atom. The normalized spacial score (nSPS) is 12.1. The van der Waals surface area contributed by atoms with E-state index in [-0.39, 0.29) is 17.2 Å². The summed E-state index contributed by atoms with van der Waals surface area (Å²) in [6.45, 7) is -0.490. The van der Waals surface area contributed by atoms with Gasteiger partial charge < -0.3 is 4.90 Å². The van der Waals surface area contributed by atoms with Crippen molar-refractivity contribution in [3.8, 4) is 11.3 Å². The Hall–Kier alpha value is -3.95. The minimum atomic E-state index is -4.98. The predicted octanol–water partition coefficient (Wildman–Crippen LogP) is 6.61. The molecule has 0 saturated heterocycles. The Morgan fingerprint density at radius 3 is 2.17 bits per heavy atom. The van der Waals surface area contributed by atoms with Crippen LogP contribution < -0.4 is 0 Å². The second-order valence-corrected chi connectivity index (χ2v) is 7.89. The van der Waals surface area contributed by atoms with Crippen molar-refractivity contribution in [2.45, 2.75) is 18.9 Å². The maximum atomic E-state index is 13.2. The topological polar surface area (TPSA) is 46.1 Å². The third kappa shape index (κ3) is 5.11. The zero-order valence-electron chi connectivity index (χ0n) is 18.2. The van der Waals surface area contributed by atoms with Crippen LogP contribution in [0.5, 0.6) is 0 Å². The second-order valence-electron chi connectivity index (χ2n) is 7.89. The number of alkyl halides is 6. The summed E-state index contributed by atoms with van der Waals surface area (Å²) >= 11 is 0. The van der Waals surface area contributed by atoms with Crippen LogP contribution in [0.2, 0.25) is 0 Å². The molecule has 10 heteroatoms. The van der Waals surface area contributed by atoms with E-state index in [1.165, 1.54) is 19.6 Å². The number of halogens is 6. The van der Waals surface area contributed by atoms with Crippen LogP contribution in [0.25, 0.3) is 22.0 Å². The molecule has 4 rings (SSSR count). The maximum absolute atomic E-state index is 13.2. The maximum Gasteiger partial charge on any atom is 0.416 e. The largest absolute Gasteiger partial charge is 0.416 e. The van der Waals surface area contributed by atoms with Gasteiger partial charge in [0.15, 0.2) is 0 Å². The van der Waals surface area contributed by atoms with E-state index in [1.807, 2.05) is 30.3 Å². The first-order valence-corrected chi connectivity index (χ1v) is 10.3. The Balaban J connectivity index is 1.71. The SMILES string of the molecule is CN(Cc1cc(C(F)(F)F)cc(C(F)(F)F)c1)C(=O)c1cncnc1-c1cccc2ccccc12. The van der Waals surface area contributed by atoms with E-state index in [9.17, 15) is 31.1 Å². The summed E-state index contributed by atoms with van der Waals surface area (Å²) in [6.07, 6.45) is -7.42. The van der Waals surface area contributed by atoms with Crippen LogP contribution in [0.4, 0.5) is 26.3 Å². The van der Waals surface area contributed by atoms with Crippen molar-refractivity contribution in [3.63, 3.8) is 0 Å². The van der Waals surface area contributed by atoms with Gasteiger partial charge in [0.2, 0.25) is 0 Å². The molecule has 0 bridgehead atoms. The number of fused-ring (bicyclic) bond motifs is 1. The quantitative estimate of drug-likeness (QED) is 0.303. The summed E-state index contributed by atoms with van der Waals surface area (Å²) in [4.78, 5) is 22.4. The highest BCUT2D eigenvalue weighted by Gasteiger charge is 2.37. The molecule has 1 heterocycles. The van der Waals surface area contributed by atoms with Gasteiger partial charge in [-0.2, -0.15) is 26.3 Å². The van der Waals surface area contributed by atoms with Crippen molar-refractivity contribution in [2.75, 3.05) is 7.05 Å². The number of nitrogens with zero attached hydrogens (tertiary/aromatic N) is 3. The van der Waals surface area contributed by atoms with E-state index in [0.29, 0.717) is 23.4 Å². The van der Waals surface area contributed by atoms with Gasteiger partial charge in [-0.25, -0.2) is 9.97 Å². The molecule has 180 valence electrons. The molecule has 35 heavy (non-hydrogen) atoms. The fraction of sp³-hybridized carbons (Fsp3) is 0.160.